The molecular formula is C16H18S. The van der Waals surface area contributed by atoms with Gasteiger partial charge in [0.15, 0.2) is 0 Å². The van der Waals surface area contributed by atoms with Crippen LogP contribution in [0.5, 0.6) is 0 Å². The quantitative estimate of drug-likeness (QED) is 0.695. The topological polar surface area (TPSA) is 0 Å². The van der Waals surface area contributed by atoms with Crippen molar-refractivity contribution in [3.8, 4) is 0 Å². The third kappa shape index (κ3) is 2.84. The minimum Gasteiger partial charge on any atom is -0.126 e. The van der Waals surface area contributed by atoms with Gasteiger partial charge in [-0.25, -0.2) is 0 Å². The zero-order chi connectivity index (χ0) is 11.7. The molecule has 2 aliphatic carbocycles. The molecule has 0 nitrogen and oxygen atoms in total. The standard InChI is InChI=1S/C16H18S/c1-12-2-6-16(7-3-12)17-9-8-13-4-5-14-11-15(14)10-13/h2-7,10,14-15H,8-9,11H2,1H3. The fourth-order valence-corrected chi connectivity index (χ4v) is 3.22. The Bertz CT molecular complexity index is 453. The van der Waals surface area contributed by atoms with Crippen LogP contribution in [-0.2, 0) is 0 Å². The molecule has 1 fully saturated rings. The Morgan fingerprint density at radius 3 is 2.76 bits per heavy atom. The van der Waals surface area contributed by atoms with E-state index in [2.05, 4.69) is 49.4 Å². The van der Waals surface area contributed by atoms with E-state index in [1.807, 2.05) is 11.8 Å². The molecule has 0 amide bonds. The van der Waals surface area contributed by atoms with Crippen LogP contribution in [0.25, 0.3) is 0 Å². The molecule has 1 aromatic rings. The van der Waals surface area contributed by atoms with Gasteiger partial charge in [-0.15, -0.1) is 11.8 Å². The Balaban J connectivity index is 1.49. The molecule has 17 heavy (non-hydrogen) atoms. The summed E-state index contributed by atoms with van der Waals surface area (Å²) in [5.41, 5.74) is 2.88. The highest BCUT2D eigenvalue weighted by Gasteiger charge is 2.34. The van der Waals surface area contributed by atoms with E-state index in [0.29, 0.717) is 0 Å². The van der Waals surface area contributed by atoms with Crippen molar-refractivity contribution in [2.45, 2.75) is 24.7 Å². The molecule has 0 bridgehead atoms. The van der Waals surface area contributed by atoms with Gasteiger partial charge in [-0.2, -0.15) is 0 Å². The molecule has 0 aromatic heterocycles. The Hall–Kier alpha value is -0.950. The van der Waals surface area contributed by atoms with Gasteiger partial charge < -0.3 is 0 Å². The molecule has 0 aliphatic heterocycles. The number of hydrogen-bond acceptors (Lipinski definition) is 1. The lowest BCUT2D eigenvalue weighted by molar-refractivity contribution is 0.944. The highest BCUT2D eigenvalue weighted by Crippen LogP contribution is 2.44. The molecule has 1 heteroatoms. The average molecular weight is 242 g/mol. The van der Waals surface area contributed by atoms with Gasteiger partial charge in [-0.3, -0.25) is 0 Å². The third-order valence-corrected chi connectivity index (χ3v) is 4.57. The Morgan fingerprint density at radius 1 is 1.18 bits per heavy atom. The molecule has 1 saturated carbocycles. The van der Waals surface area contributed by atoms with Crippen LogP contribution in [0, 0.1) is 18.8 Å². The predicted molar refractivity (Wildman–Crippen MR) is 75.3 cm³/mol. The van der Waals surface area contributed by atoms with E-state index in [0.717, 1.165) is 11.8 Å². The first kappa shape index (κ1) is 11.2. The van der Waals surface area contributed by atoms with Crippen molar-refractivity contribution in [3.05, 3.63) is 53.6 Å². The van der Waals surface area contributed by atoms with Crippen molar-refractivity contribution >= 4 is 11.8 Å². The number of rotatable bonds is 4. The number of benzene rings is 1. The first-order chi connectivity index (χ1) is 8.31. The van der Waals surface area contributed by atoms with Crippen LogP contribution in [0.3, 0.4) is 0 Å². The van der Waals surface area contributed by atoms with Gasteiger partial charge in [-0.05, 0) is 43.7 Å². The fraction of sp³-hybridized carbons (Fsp3) is 0.375. The lowest BCUT2D eigenvalue weighted by Gasteiger charge is -2.06. The second-order valence-corrected chi connectivity index (χ2v) is 6.24. The lowest BCUT2D eigenvalue weighted by Crippen LogP contribution is -1.90. The van der Waals surface area contributed by atoms with Crippen LogP contribution < -0.4 is 0 Å². The Morgan fingerprint density at radius 2 is 2.00 bits per heavy atom. The first-order valence-corrected chi connectivity index (χ1v) is 7.38. The van der Waals surface area contributed by atoms with Gasteiger partial charge >= 0.3 is 0 Å². The first-order valence-electron chi connectivity index (χ1n) is 6.39. The zero-order valence-corrected chi connectivity index (χ0v) is 11.0. The Kier molecular flexibility index (Phi) is 3.11. The largest absolute Gasteiger partial charge is 0.126 e. The van der Waals surface area contributed by atoms with E-state index < -0.39 is 0 Å². The molecule has 88 valence electrons. The predicted octanol–water partition coefficient (Wildman–Crippen LogP) is 4.61. The molecule has 0 heterocycles. The average Bonchev–Trinajstić information content (AvgIpc) is 3.10. The lowest BCUT2D eigenvalue weighted by atomic mass is 10.1. The maximum atomic E-state index is 2.49. The molecular weight excluding hydrogens is 224 g/mol. The van der Waals surface area contributed by atoms with Crippen LogP contribution in [0.15, 0.2) is 53.0 Å². The number of hydrogen-bond donors (Lipinski definition) is 0. The zero-order valence-electron chi connectivity index (χ0n) is 10.2. The van der Waals surface area contributed by atoms with Gasteiger partial charge in [0.1, 0.15) is 0 Å². The van der Waals surface area contributed by atoms with Gasteiger partial charge in [0.2, 0.25) is 0 Å². The summed E-state index contributed by atoms with van der Waals surface area (Å²) in [6.45, 7) is 2.14. The van der Waals surface area contributed by atoms with Crippen molar-refractivity contribution in [2.75, 3.05) is 5.75 Å². The van der Waals surface area contributed by atoms with Crippen molar-refractivity contribution in [3.63, 3.8) is 0 Å². The van der Waals surface area contributed by atoms with Gasteiger partial charge in [0, 0.05) is 10.6 Å². The monoisotopic (exact) mass is 242 g/mol. The summed E-state index contributed by atoms with van der Waals surface area (Å²) in [6, 6.07) is 8.83. The Labute approximate surface area is 108 Å². The minimum atomic E-state index is 0.888. The van der Waals surface area contributed by atoms with E-state index in [9.17, 15) is 0 Å². The minimum absolute atomic E-state index is 0.888. The fourth-order valence-electron chi connectivity index (χ4n) is 2.31. The molecule has 3 rings (SSSR count). The normalized spacial score (nSPS) is 25.4. The third-order valence-electron chi connectivity index (χ3n) is 3.56. The van der Waals surface area contributed by atoms with E-state index in [1.165, 1.54) is 29.1 Å². The van der Waals surface area contributed by atoms with E-state index in [-0.39, 0.29) is 0 Å². The van der Waals surface area contributed by atoms with Gasteiger partial charge in [0.25, 0.3) is 0 Å². The van der Waals surface area contributed by atoms with Crippen LogP contribution in [-0.4, -0.2) is 5.75 Å². The van der Waals surface area contributed by atoms with E-state index >= 15 is 0 Å². The number of fused-ring (bicyclic) bond motifs is 1. The maximum absolute atomic E-state index is 2.49. The molecule has 0 N–H and O–H groups in total. The second kappa shape index (κ2) is 4.73. The summed E-state index contributed by atoms with van der Waals surface area (Å²) >= 11 is 1.96. The second-order valence-electron chi connectivity index (χ2n) is 5.08. The van der Waals surface area contributed by atoms with Crippen molar-refractivity contribution in [2.24, 2.45) is 11.8 Å². The summed E-state index contributed by atoms with van der Waals surface area (Å²) in [6.07, 6.45) is 9.82. The molecule has 1 aromatic carbocycles. The summed E-state index contributed by atoms with van der Waals surface area (Å²) < 4.78 is 0. The van der Waals surface area contributed by atoms with Gasteiger partial charge in [-0.1, -0.05) is 41.5 Å². The van der Waals surface area contributed by atoms with Crippen molar-refractivity contribution < 1.29 is 0 Å². The molecule has 0 radical (unpaired) electrons. The van der Waals surface area contributed by atoms with Crippen molar-refractivity contribution in [1.29, 1.82) is 0 Å². The smallest absolute Gasteiger partial charge is 0.00722 e. The SMILES string of the molecule is Cc1ccc(SCCC2=CC3CC3C=C2)cc1. The molecule has 2 unspecified atom stereocenters. The van der Waals surface area contributed by atoms with Crippen LogP contribution >= 0.6 is 11.8 Å². The molecule has 2 atom stereocenters. The number of thioether (sulfide) groups is 1. The van der Waals surface area contributed by atoms with E-state index in [1.54, 1.807) is 5.57 Å². The highest BCUT2D eigenvalue weighted by molar-refractivity contribution is 7.99. The molecule has 0 saturated heterocycles. The summed E-state index contributed by atoms with van der Waals surface area (Å²) in [7, 11) is 0. The van der Waals surface area contributed by atoms with Gasteiger partial charge in [0.05, 0.1) is 0 Å². The summed E-state index contributed by atoms with van der Waals surface area (Å²) in [4.78, 5) is 1.39. The van der Waals surface area contributed by atoms with Crippen LogP contribution in [0.4, 0.5) is 0 Å². The van der Waals surface area contributed by atoms with E-state index in [4.69, 9.17) is 0 Å². The molecule has 2 aliphatic rings. The summed E-state index contributed by atoms with van der Waals surface area (Å²) in [5.74, 6) is 2.97. The number of allylic oxidation sites excluding steroid dienone is 4. The number of aryl methyl sites for hydroxylation is 1. The summed E-state index contributed by atoms with van der Waals surface area (Å²) in [5, 5.41) is 0. The van der Waals surface area contributed by atoms with Crippen LogP contribution in [0.2, 0.25) is 0 Å². The van der Waals surface area contributed by atoms with Crippen molar-refractivity contribution in [1.82, 2.24) is 0 Å². The highest BCUT2D eigenvalue weighted by atomic mass is 32.2. The maximum Gasteiger partial charge on any atom is 0.00722 e. The molecule has 0 spiro atoms. The van der Waals surface area contributed by atoms with Crippen LogP contribution in [0.1, 0.15) is 18.4 Å².